The summed E-state index contributed by atoms with van der Waals surface area (Å²) in [6.07, 6.45) is -8.70. The number of hydrogen-bond donors (Lipinski definition) is 0. The summed E-state index contributed by atoms with van der Waals surface area (Å²) in [4.78, 5) is 14.4. The third-order valence-corrected chi connectivity index (χ3v) is 4.79. The van der Waals surface area contributed by atoms with E-state index in [2.05, 4.69) is 9.84 Å². The molecule has 0 saturated heterocycles. The minimum absolute atomic E-state index is 0.0560. The number of fused-ring (bicyclic) bond motifs is 1. The Morgan fingerprint density at radius 3 is 2.30 bits per heavy atom. The Balaban J connectivity index is 1.56. The van der Waals surface area contributed by atoms with Crippen molar-refractivity contribution in [1.29, 1.82) is 0 Å². The molecule has 6 nitrogen and oxygen atoms in total. The van der Waals surface area contributed by atoms with Gasteiger partial charge in [0.05, 0.1) is 24.3 Å². The molecule has 0 aliphatic carbocycles. The lowest BCUT2D eigenvalue weighted by Crippen LogP contribution is -2.32. The van der Waals surface area contributed by atoms with Crippen LogP contribution in [0.3, 0.4) is 0 Å². The Morgan fingerprint density at radius 2 is 1.67 bits per heavy atom. The molecule has 1 aliphatic heterocycles. The van der Waals surface area contributed by atoms with Crippen molar-refractivity contribution in [3.05, 3.63) is 66.0 Å². The first kappa shape index (κ1) is 22.5. The molecule has 12 heteroatoms. The average molecular weight is 471 g/mol. The molecule has 0 unspecified atom stereocenters. The Hall–Kier alpha value is -3.70. The summed E-state index contributed by atoms with van der Waals surface area (Å²) in [5, 5.41) is 3.46. The molecule has 1 aliphatic rings. The Labute approximate surface area is 182 Å². The van der Waals surface area contributed by atoms with Crippen LogP contribution in [0.2, 0.25) is 0 Å². The van der Waals surface area contributed by atoms with Gasteiger partial charge in [-0.05, 0) is 41.5 Å². The number of aromatic nitrogens is 2. The maximum absolute atomic E-state index is 13.1. The molecule has 0 bridgehead atoms. The number of carbonyl (C=O) groups is 1. The van der Waals surface area contributed by atoms with E-state index in [1.807, 2.05) is 0 Å². The normalized spacial score (nSPS) is 14.5. The fourth-order valence-electron chi connectivity index (χ4n) is 3.32. The third kappa shape index (κ3) is 5.21. The lowest BCUT2D eigenvalue weighted by molar-refractivity contribution is -0.274. The largest absolute Gasteiger partial charge is 0.573 e. The lowest BCUT2D eigenvalue weighted by Gasteiger charge is -2.19. The summed E-state index contributed by atoms with van der Waals surface area (Å²) in [5.74, 6) is -0.558. The van der Waals surface area contributed by atoms with E-state index in [0.29, 0.717) is 16.9 Å². The van der Waals surface area contributed by atoms with Gasteiger partial charge in [-0.2, -0.15) is 9.78 Å². The van der Waals surface area contributed by atoms with Gasteiger partial charge < -0.3 is 14.4 Å². The van der Waals surface area contributed by atoms with Crippen LogP contribution in [0.5, 0.6) is 11.5 Å². The van der Waals surface area contributed by atoms with Crippen molar-refractivity contribution in [1.82, 2.24) is 14.7 Å². The van der Waals surface area contributed by atoms with E-state index in [-0.39, 0.29) is 41.4 Å². The standard InChI is InChI=1S/C21H15F6N3O3/c22-20(23,24)30-8-7-15(28-30)12-29-9-10-32-18-6-3-14(11-17(18)19(29)31)13-1-4-16(5-2-13)33-21(25,26)27/h1-8,11H,9-10,12H2. The van der Waals surface area contributed by atoms with Gasteiger partial charge in [0.1, 0.15) is 18.1 Å². The van der Waals surface area contributed by atoms with Crippen molar-refractivity contribution < 1.29 is 40.6 Å². The van der Waals surface area contributed by atoms with Gasteiger partial charge in [0.15, 0.2) is 0 Å². The number of nitrogens with zero attached hydrogens (tertiary/aromatic N) is 3. The molecule has 0 radical (unpaired) electrons. The van der Waals surface area contributed by atoms with Crippen LogP contribution < -0.4 is 9.47 Å². The van der Waals surface area contributed by atoms with Crippen LogP contribution >= 0.6 is 0 Å². The molecule has 2 heterocycles. The van der Waals surface area contributed by atoms with Crippen LogP contribution in [0, 0.1) is 0 Å². The molecule has 33 heavy (non-hydrogen) atoms. The van der Waals surface area contributed by atoms with Gasteiger partial charge in [0.2, 0.25) is 0 Å². The van der Waals surface area contributed by atoms with Crippen molar-refractivity contribution in [3.8, 4) is 22.6 Å². The summed E-state index contributed by atoms with van der Waals surface area (Å²) in [6, 6.07) is 11.0. The Morgan fingerprint density at radius 1 is 0.970 bits per heavy atom. The highest BCUT2D eigenvalue weighted by Gasteiger charge is 2.33. The van der Waals surface area contributed by atoms with Gasteiger partial charge in [-0.15, -0.1) is 26.3 Å². The van der Waals surface area contributed by atoms with Crippen molar-refractivity contribution in [2.75, 3.05) is 13.2 Å². The van der Waals surface area contributed by atoms with Gasteiger partial charge >= 0.3 is 12.7 Å². The van der Waals surface area contributed by atoms with Gasteiger partial charge in [-0.25, -0.2) is 0 Å². The van der Waals surface area contributed by atoms with E-state index in [1.165, 1.54) is 29.2 Å². The number of ether oxygens (including phenoxy) is 2. The second-order valence-corrected chi connectivity index (χ2v) is 7.08. The van der Waals surface area contributed by atoms with Crippen LogP contribution in [-0.4, -0.2) is 40.1 Å². The number of amides is 1. The summed E-state index contributed by atoms with van der Waals surface area (Å²) < 4.78 is 84.7. The fraction of sp³-hybridized carbons (Fsp3) is 0.238. The molecule has 174 valence electrons. The molecular weight excluding hydrogens is 456 g/mol. The van der Waals surface area contributed by atoms with E-state index in [0.717, 1.165) is 18.3 Å². The summed E-state index contributed by atoms with van der Waals surface area (Å²) in [6.45, 7) is 0.102. The van der Waals surface area contributed by atoms with E-state index >= 15 is 0 Å². The summed E-state index contributed by atoms with van der Waals surface area (Å²) in [7, 11) is 0. The topological polar surface area (TPSA) is 56.6 Å². The molecule has 0 saturated carbocycles. The second kappa shape index (κ2) is 8.34. The SMILES string of the molecule is O=C1c2cc(-c3ccc(OC(F)(F)F)cc3)ccc2OCCN1Cc1ccn(C(F)(F)F)n1. The number of halogens is 6. The summed E-state index contributed by atoms with van der Waals surface area (Å²) >= 11 is 0. The number of rotatable bonds is 4. The number of benzene rings is 2. The van der Waals surface area contributed by atoms with E-state index in [9.17, 15) is 31.1 Å². The van der Waals surface area contributed by atoms with E-state index in [4.69, 9.17) is 4.74 Å². The predicted molar refractivity (Wildman–Crippen MR) is 102 cm³/mol. The average Bonchev–Trinajstić information content (AvgIpc) is 3.15. The first-order chi connectivity index (χ1) is 15.5. The lowest BCUT2D eigenvalue weighted by atomic mass is 10.0. The molecule has 0 N–H and O–H groups in total. The number of hydrogen-bond acceptors (Lipinski definition) is 4. The van der Waals surface area contributed by atoms with Gasteiger partial charge in [-0.1, -0.05) is 18.2 Å². The zero-order chi connectivity index (χ0) is 23.8. The van der Waals surface area contributed by atoms with Gasteiger partial charge in [0.25, 0.3) is 5.91 Å². The quantitative estimate of drug-likeness (QED) is 0.505. The van der Waals surface area contributed by atoms with Crippen molar-refractivity contribution >= 4 is 5.91 Å². The van der Waals surface area contributed by atoms with Crippen LogP contribution in [0.1, 0.15) is 16.1 Å². The first-order valence-electron chi connectivity index (χ1n) is 9.54. The molecule has 1 amide bonds. The highest BCUT2D eigenvalue weighted by Crippen LogP contribution is 2.31. The van der Waals surface area contributed by atoms with Crippen LogP contribution in [0.15, 0.2) is 54.7 Å². The zero-order valence-electron chi connectivity index (χ0n) is 16.7. The predicted octanol–water partition coefficient (Wildman–Crippen LogP) is 4.96. The molecule has 0 atom stereocenters. The van der Waals surface area contributed by atoms with Gasteiger partial charge in [0, 0.05) is 6.20 Å². The van der Waals surface area contributed by atoms with E-state index in [1.54, 1.807) is 12.1 Å². The van der Waals surface area contributed by atoms with Crippen molar-refractivity contribution in [2.24, 2.45) is 0 Å². The molecule has 3 aromatic rings. The van der Waals surface area contributed by atoms with Crippen LogP contribution in [0.25, 0.3) is 11.1 Å². The number of carbonyl (C=O) groups excluding carboxylic acids is 1. The maximum atomic E-state index is 13.1. The number of alkyl halides is 6. The maximum Gasteiger partial charge on any atom is 0.573 e. The second-order valence-electron chi connectivity index (χ2n) is 7.08. The minimum Gasteiger partial charge on any atom is -0.491 e. The molecular formula is C21H15F6N3O3. The van der Waals surface area contributed by atoms with Crippen molar-refractivity contribution in [3.63, 3.8) is 0 Å². The van der Waals surface area contributed by atoms with E-state index < -0.39 is 18.6 Å². The molecule has 1 aromatic heterocycles. The fourth-order valence-corrected chi connectivity index (χ4v) is 3.32. The smallest absolute Gasteiger partial charge is 0.491 e. The van der Waals surface area contributed by atoms with Crippen LogP contribution in [-0.2, 0) is 12.8 Å². The molecule has 0 fully saturated rings. The third-order valence-electron chi connectivity index (χ3n) is 4.79. The highest BCUT2D eigenvalue weighted by molar-refractivity contribution is 5.98. The summed E-state index contributed by atoms with van der Waals surface area (Å²) in [5.41, 5.74) is 1.30. The zero-order valence-corrected chi connectivity index (χ0v) is 16.7. The first-order valence-corrected chi connectivity index (χ1v) is 9.54. The van der Waals surface area contributed by atoms with Crippen molar-refractivity contribution in [2.45, 2.75) is 19.2 Å². The Bertz CT molecular complexity index is 1160. The molecule has 4 rings (SSSR count). The molecule has 2 aromatic carbocycles. The van der Waals surface area contributed by atoms with Crippen LogP contribution in [0.4, 0.5) is 26.3 Å². The van der Waals surface area contributed by atoms with Gasteiger partial charge in [-0.3, -0.25) is 4.79 Å². The molecule has 0 spiro atoms. The highest BCUT2D eigenvalue weighted by atomic mass is 19.4. The minimum atomic E-state index is -4.81. The monoisotopic (exact) mass is 471 g/mol. The Kier molecular flexibility index (Phi) is 5.68.